The third kappa shape index (κ3) is 23.6. The summed E-state index contributed by atoms with van der Waals surface area (Å²) in [5.74, 6) is 0.386. The molecule has 1 unspecified atom stereocenters. The van der Waals surface area contributed by atoms with E-state index in [2.05, 4.69) is 6.92 Å². The van der Waals surface area contributed by atoms with Crippen LogP contribution in [-0.2, 0) is 4.79 Å². The zero-order chi connectivity index (χ0) is 21.4. The lowest BCUT2D eigenvalue weighted by molar-refractivity contribution is -0.118. The molecule has 0 bridgehead atoms. The molecule has 0 radical (unpaired) electrons. The molecule has 0 aromatic heterocycles. The van der Waals surface area contributed by atoms with Gasteiger partial charge in [0.25, 0.3) is 0 Å². The molecule has 0 aliphatic carbocycles. The van der Waals surface area contributed by atoms with E-state index in [4.69, 9.17) is 5.73 Å². The Morgan fingerprint density at radius 3 is 1.21 bits per heavy atom. The smallest absolute Gasteiger partial charge is 0.217 e. The zero-order valence-electron chi connectivity index (χ0n) is 19.8. The number of rotatable bonds is 24. The first-order chi connectivity index (χ1) is 14.2. The molecule has 3 nitrogen and oxygen atoms in total. The molecule has 0 aromatic carbocycles. The summed E-state index contributed by atoms with van der Waals surface area (Å²) in [6.45, 7) is 2.55. The second kappa shape index (κ2) is 23.7. The van der Waals surface area contributed by atoms with Gasteiger partial charge in [-0.15, -0.1) is 0 Å². The van der Waals surface area contributed by atoms with Crippen molar-refractivity contribution in [3.63, 3.8) is 0 Å². The van der Waals surface area contributed by atoms with Crippen LogP contribution in [0.3, 0.4) is 0 Å². The van der Waals surface area contributed by atoms with E-state index in [0.29, 0.717) is 18.9 Å². The molecule has 0 aromatic rings. The predicted octanol–water partition coefficient (Wildman–Crippen LogP) is 7.68. The number of unbranched alkanes of at least 4 members (excludes halogenated alkanes) is 18. The van der Waals surface area contributed by atoms with Crippen LogP contribution in [0.15, 0.2) is 0 Å². The second-order valence-corrected chi connectivity index (χ2v) is 9.18. The molecule has 0 saturated heterocycles. The van der Waals surface area contributed by atoms with Crippen LogP contribution in [0.5, 0.6) is 0 Å². The highest BCUT2D eigenvalue weighted by molar-refractivity contribution is 5.73. The highest BCUT2D eigenvalue weighted by Crippen LogP contribution is 2.16. The van der Waals surface area contributed by atoms with Crippen molar-refractivity contribution in [3.05, 3.63) is 0 Å². The van der Waals surface area contributed by atoms with Crippen molar-refractivity contribution in [3.8, 4) is 0 Å². The van der Waals surface area contributed by atoms with Gasteiger partial charge in [-0.2, -0.15) is 0 Å². The van der Waals surface area contributed by atoms with Gasteiger partial charge < -0.3 is 10.8 Å². The van der Waals surface area contributed by atoms with E-state index in [1.807, 2.05) is 0 Å². The zero-order valence-corrected chi connectivity index (χ0v) is 19.8. The Labute approximate surface area is 182 Å². The number of primary amides is 1. The van der Waals surface area contributed by atoms with Gasteiger partial charge in [0.2, 0.25) is 5.91 Å². The summed E-state index contributed by atoms with van der Waals surface area (Å²) in [5.41, 5.74) is 5.14. The van der Waals surface area contributed by atoms with E-state index in [9.17, 15) is 9.90 Å². The average Bonchev–Trinajstić information content (AvgIpc) is 2.71. The number of aliphatic hydroxyl groups excluding tert-OH is 1. The number of carbonyl (C=O) groups is 1. The maximum atomic E-state index is 10.6. The van der Waals surface area contributed by atoms with Gasteiger partial charge in [-0.25, -0.2) is 0 Å². The van der Waals surface area contributed by atoms with Gasteiger partial charge in [-0.1, -0.05) is 129 Å². The normalized spacial score (nSPS) is 12.3. The van der Waals surface area contributed by atoms with Crippen molar-refractivity contribution < 1.29 is 9.90 Å². The van der Waals surface area contributed by atoms with Gasteiger partial charge in [-0.3, -0.25) is 4.79 Å². The SMILES string of the molecule is CCC(CO)CCCCCCCCCCCCCCCCCCCCCC(N)=O. The lowest BCUT2D eigenvalue weighted by atomic mass is 9.98. The second-order valence-electron chi connectivity index (χ2n) is 9.18. The fraction of sp³-hybridized carbons (Fsp3) is 0.962. The highest BCUT2D eigenvalue weighted by atomic mass is 16.3. The number of aliphatic hydroxyl groups is 1. The summed E-state index contributed by atoms with van der Waals surface area (Å²) < 4.78 is 0. The maximum Gasteiger partial charge on any atom is 0.217 e. The monoisotopic (exact) mass is 411 g/mol. The van der Waals surface area contributed by atoms with E-state index in [1.165, 1.54) is 116 Å². The Balaban J connectivity index is 3.06. The van der Waals surface area contributed by atoms with Gasteiger partial charge in [0.1, 0.15) is 0 Å². The van der Waals surface area contributed by atoms with Crippen molar-refractivity contribution in [1.29, 1.82) is 0 Å². The molecule has 0 spiro atoms. The first-order valence-corrected chi connectivity index (χ1v) is 13.1. The first-order valence-electron chi connectivity index (χ1n) is 13.1. The minimum atomic E-state index is -0.156. The minimum absolute atomic E-state index is 0.156. The molecule has 0 aliphatic rings. The molecule has 174 valence electrons. The van der Waals surface area contributed by atoms with Crippen LogP contribution < -0.4 is 5.73 Å². The molecule has 0 aliphatic heterocycles. The molecule has 0 heterocycles. The number of carbonyl (C=O) groups excluding carboxylic acids is 1. The van der Waals surface area contributed by atoms with Crippen molar-refractivity contribution in [2.75, 3.05) is 6.61 Å². The van der Waals surface area contributed by atoms with E-state index in [0.717, 1.165) is 19.3 Å². The molecule has 1 atom stereocenters. The fourth-order valence-electron chi connectivity index (χ4n) is 4.16. The summed E-state index contributed by atoms with van der Waals surface area (Å²) >= 11 is 0. The van der Waals surface area contributed by atoms with Crippen LogP contribution in [-0.4, -0.2) is 17.6 Å². The Morgan fingerprint density at radius 2 is 0.931 bits per heavy atom. The number of hydrogen-bond donors (Lipinski definition) is 2. The molecule has 0 saturated carbocycles. The topological polar surface area (TPSA) is 63.3 Å². The van der Waals surface area contributed by atoms with Crippen molar-refractivity contribution in [2.24, 2.45) is 11.7 Å². The van der Waals surface area contributed by atoms with Crippen molar-refractivity contribution >= 4 is 5.91 Å². The summed E-state index contributed by atoms with van der Waals surface area (Å²) in [6, 6.07) is 0. The van der Waals surface area contributed by atoms with E-state index >= 15 is 0 Å². The molecular formula is C26H53NO2. The van der Waals surface area contributed by atoms with Gasteiger partial charge in [0.15, 0.2) is 0 Å². The van der Waals surface area contributed by atoms with Crippen molar-refractivity contribution in [2.45, 2.75) is 148 Å². The van der Waals surface area contributed by atoms with Crippen LogP contribution in [0, 0.1) is 5.92 Å². The first kappa shape index (κ1) is 28.4. The molecule has 3 heteroatoms. The van der Waals surface area contributed by atoms with Gasteiger partial charge in [-0.05, 0) is 18.8 Å². The summed E-state index contributed by atoms with van der Waals surface area (Å²) in [6.07, 6.45) is 28.6. The summed E-state index contributed by atoms with van der Waals surface area (Å²) in [4.78, 5) is 10.6. The average molecular weight is 412 g/mol. The lowest BCUT2D eigenvalue weighted by Gasteiger charge is -2.10. The van der Waals surface area contributed by atoms with E-state index < -0.39 is 0 Å². The fourth-order valence-corrected chi connectivity index (χ4v) is 4.16. The molecule has 29 heavy (non-hydrogen) atoms. The Kier molecular flexibility index (Phi) is 23.2. The van der Waals surface area contributed by atoms with Crippen LogP contribution in [0.1, 0.15) is 148 Å². The van der Waals surface area contributed by atoms with E-state index in [1.54, 1.807) is 0 Å². The number of nitrogens with two attached hydrogens (primary N) is 1. The lowest BCUT2D eigenvalue weighted by Crippen LogP contribution is -2.09. The molecule has 3 N–H and O–H groups in total. The van der Waals surface area contributed by atoms with Crippen LogP contribution in [0.2, 0.25) is 0 Å². The van der Waals surface area contributed by atoms with Crippen LogP contribution >= 0.6 is 0 Å². The largest absolute Gasteiger partial charge is 0.396 e. The number of hydrogen-bond acceptors (Lipinski definition) is 2. The number of amides is 1. The molecular weight excluding hydrogens is 358 g/mol. The summed E-state index contributed by atoms with van der Waals surface area (Å²) in [7, 11) is 0. The van der Waals surface area contributed by atoms with Gasteiger partial charge in [0, 0.05) is 13.0 Å². The third-order valence-electron chi connectivity index (χ3n) is 6.37. The quantitative estimate of drug-likeness (QED) is 0.160. The Bertz CT molecular complexity index is 329. The molecule has 0 rings (SSSR count). The highest BCUT2D eigenvalue weighted by Gasteiger charge is 2.03. The van der Waals surface area contributed by atoms with Gasteiger partial charge in [0.05, 0.1) is 0 Å². The van der Waals surface area contributed by atoms with E-state index in [-0.39, 0.29) is 5.91 Å². The standard InChI is InChI=1S/C26H53NO2/c1-2-25(24-28)22-20-18-16-14-12-10-8-6-4-3-5-7-9-11-13-15-17-19-21-23-26(27)29/h25,28H,2-24H2,1H3,(H2,27,29). The van der Waals surface area contributed by atoms with Crippen LogP contribution in [0.25, 0.3) is 0 Å². The van der Waals surface area contributed by atoms with Gasteiger partial charge >= 0.3 is 0 Å². The minimum Gasteiger partial charge on any atom is -0.396 e. The maximum absolute atomic E-state index is 10.6. The van der Waals surface area contributed by atoms with Crippen molar-refractivity contribution in [1.82, 2.24) is 0 Å². The summed E-state index contributed by atoms with van der Waals surface area (Å²) in [5, 5.41) is 9.19. The predicted molar refractivity (Wildman–Crippen MR) is 127 cm³/mol. The Hall–Kier alpha value is -0.570. The third-order valence-corrected chi connectivity index (χ3v) is 6.37. The Morgan fingerprint density at radius 1 is 0.621 bits per heavy atom. The van der Waals surface area contributed by atoms with Crippen LogP contribution in [0.4, 0.5) is 0 Å². The molecule has 0 fully saturated rings. The molecule has 1 amide bonds.